The molecular formula is C14H22NO2+. The van der Waals surface area contributed by atoms with Crippen LogP contribution < -0.4 is 9.64 Å². The molecule has 1 aliphatic heterocycles. The molecule has 0 unspecified atom stereocenters. The van der Waals surface area contributed by atoms with E-state index in [-0.39, 0.29) is 0 Å². The summed E-state index contributed by atoms with van der Waals surface area (Å²) in [6.45, 7) is 8.29. The van der Waals surface area contributed by atoms with Crippen molar-refractivity contribution in [2.24, 2.45) is 0 Å². The Kier molecular flexibility index (Phi) is 4.40. The summed E-state index contributed by atoms with van der Waals surface area (Å²) in [6, 6.07) is 10.0. The van der Waals surface area contributed by atoms with E-state index in [0.717, 1.165) is 32.0 Å². The molecule has 1 aliphatic rings. The lowest BCUT2D eigenvalue weighted by atomic mass is 10.2. The average molecular weight is 236 g/mol. The first-order chi connectivity index (χ1) is 8.24. The summed E-state index contributed by atoms with van der Waals surface area (Å²) in [4.78, 5) is 1.58. The van der Waals surface area contributed by atoms with Crippen LogP contribution in [0.25, 0.3) is 0 Å². The van der Waals surface area contributed by atoms with E-state index in [1.807, 2.05) is 30.3 Å². The molecule has 1 aromatic rings. The average Bonchev–Trinajstić information content (AvgIpc) is 2.29. The van der Waals surface area contributed by atoms with Crippen LogP contribution in [0.4, 0.5) is 0 Å². The summed E-state index contributed by atoms with van der Waals surface area (Å²) in [5.74, 6) is 0.959. The predicted octanol–water partition coefficient (Wildman–Crippen LogP) is 0.757. The summed E-state index contributed by atoms with van der Waals surface area (Å²) in [6.07, 6.45) is 0.732. The molecule has 2 rings (SSSR count). The third-order valence-corrected chi connectivity index (χ3v) is 3.08. The van der Waals surface area contributed by atoms with E-state index in [4.69, 9.17) is 9.47 Å². The number of quaternary nitrogens is 1. The fourth-order valence-electron chi connectivity index (χ4n) is 2.42. The Balaban J connectivity index is 1.71. The zero-order chi connectivity index (χ0) is 12.1. The fourth-order valence-corrected chi connectivity index (χ4v) is 2.42. The summed E-state index contributed by atoms with van der Waals surface area (Å²) in [5.41, 5.74) is 0. The zero-order valence-corrected chi connectivity index (χ0v) is 10.7. The third-order valence-electron chi connectivity index (χ3n) is 3.08. The highest BCUT2D eigenvalue weighted by Gasteiger charge is 2.25. The first kappa shape index (κ1) is 12.4. The van der Waals surface area contributed by atoms with E-state index in [9.17, 15) is 0 Å². The van der Waals surface area contributed by atoms with Crippen LogP contribution in [-0.4, -0.2) is 38.4 Å². The van der Waals surface area contributed by atoms with Gasteiger partial charge in [0.25, 0.3) is 0 Å². The largest absolute Gasteiger partial charge is 0.488 e. The van der Waals surface area contributed by atoms with Gasteiger partial charge in [0.1, 0.15) is 44.2 Å². The Morgan fingerprint density at radius 3 is 2.47 bits per heavy atom. The molecule has 1 heterocycles. The summed E-state index contributed by atoms with van der Waals surface area (Å²) >= 11 is 0. The molecule has 3 heteroatoms. The van der Waals surface area contributed by atoms with Crippen molar-refractivity contribution in [2.45, 2.75) is 26.1 Å². The topological polar surface area (TPSA) is 22.9 Å². The van der Waals surface area contributed by atoms with Gasteiger partial charge < -0.3 is 14.4 Å². The molecule has 0 aromatic heterocycles. The number of benzene rings is 1. The maximum Gasteiger partial charge on any atom is 0.137 e. The Bertz CT molecular complexity index is 318. The molecule has 94 valence electrons. The highest BCUT2D eigenvalue weighted by atomic mass is 16.5. The molecule has 3 nitrogen and oxygen atoms in total. The van der Waals surface area contributed by atoms with Gasteiger partial charge in [0.15, 0.2) is 0 Å². The standard InChI is InChI=1S/C14H21NO2/c1-12-10-15(11-13(2)17-12)8-9-16-14-6-4-3-5-7-14/h3-7,12-13H,8-11H2,1-2H3/p+1/t12-,13-/m1/s1. The molecule has 0 bridgehead atoms. The van der Waals surface area contributed by atoms with Crippen molar-refractivity contribution in [2.75, 3.05) is 26.2 Å². The van der Waals surface area contributed by atoms with Crippen molar-refractivity contribution in [1.82, 2.24) is 0 Å². The first-order valence-electron chi connectivity index (χ1n) is 6.41. The third kappa shape index (κ3) is 4.02. The number of hydrogen-bond acceptors (Lipinski definition) is 2. The number of hydrogen-bond donors (Lipinski definition) is 1. The van der Waals surface area contributed by atoms with Gasteiger partial charge in [0.05, 0.1) is 0 Å². The van der Waals surface area contributed by atoms with Crippen molar-refractivity contribution >= 4 is 0 Å². The number of rotatable bonds is 4. The van der Waals surface area contributed by atoms with Crippen molar-refractivity contribution < 1.29 is 14.4 Å². The molecule has 1 aromatic carbocycles. The second kappa shape index (κ2) is 6.03. The lowest BCUT2D eigenvalue weighted by molar-refractivity contribution is -0.915. The summed E-state index contributed by atoms with van der Waals surface area (Å²) < 4.78 is 11.4. The van der Waals surface area contributed by atoms with Gasteiger partial charge in [0, 0.05) is 0 Å². The Hall–Kier alpha value is -1.06. The fraction of sp³-hybridized carbons (Fsp3) is 0.571. The van der Waals surface area contributed by atoms with E-state index in [1.54, 1.807) is 4.90 Å². The smallest absolute Gasteiger partial charge is 0.137 e. The van der Waals surface area contributed by atoms with E-state index < -0.39 is 0 Å². The minimum absolute atomic E-state index is 0.366. The second-order valence-electron chi connectivity index (χ2n) is 4.83. The molecule has 2 atom stereocenters. The Morgan fingerprint density at radius 2 is 1.82 bits per heavy atom. The number of morpholine rings is 1. The van der Waals surface area contributed by atoms with Crippen LogP contribution in [0, 0.1) is 0 Å². The van der Waals surface area contributed by atoms with Gasteiger partial charge in [-0.15, -0.1) is 0 Å². The quantitative estimate of drug-likeness (QED) is 0.834. The maximum absolute atomic E-state index is 5.72. The predicted molar refractivity (Wildman–Crippen MR) is 67.5 cm³/mol. The van der Waals surface area contributed by atoms with Gasteiger partial charge >= 0.3 is 0 Å². The van der Waals surface area contributed by atoms with Crippen molar-refractivity contribution in [3.63, 3.8) is 0 Å². The molecule has 0 saturated carbocycles. The maximum atomic E-state index is 5.72. The van der Waals surface area contributed by atoms with E-state index >= 15 is 0 Å². The summed E-state index contributed by atoms with van der Waals surface area (Å²) in [5, 5.41) is 0. The van der Waals surface area contributed by atoms with Crippen LogP contribution in [0.3, 0.4) is 0 Å². The van der Waals surface area contributed by atoms with Crippen LogP contribution in [0.15, 0.2) is 30.3 Å². The van der Waals surface area contributed by atoms with Gasteiger partial charge in [-0.05, 0) is 26.0 Å². The van der Waals surface area contributed by atoms with E-state index in [1.165, 1.54) is 0 Å². The van der Waals surface area contributed by atoms with Crippen LogP contribution in [-0.2, 0) is 4.74 Å². The molecule has 1 N–H and O–H groups in total. The Morgan fingerprint density at radius 1 is 1.18 bits per heavy atom. The molecule has 0 radical (unpaired) electrons. The van der Waals surface area contributed by atoms with Crippen LogP contribution >= 0.6 is 0 Å². The first-order valence-corrected chi connectivity index (χ1v) is 6.41. The molecule has 0 amide bonds. The number of ether oxygens (including phenoxy) is 2. The molecule has 1 saturated heterocycles. The Labute approximate surface area is 103 Å². The second-order valence-corrected chi connectivity index (χ2v) is 4.83. The lowest BCUT2D eigenvalue weighted by Crippen LogP contribution is -3.16. The summed E-state index contributed by atoms with van der Waals surface area (Å²) in [7, 11) is 0. The van der Waals surface area contributed by atoms with Crippen LogP contribution in [0.1, 0.15) is 13.8 Å². The normalized spacial score (nSPS) is 28.9. The van der Waals surface area contributed by atoms with Gasteiger partial charge in [-0.2, -0.15) is 0 Å². The highest BCUT2D eigenvalue weighted by molar-refractivity contribution is 5.20. The lowest BCUT2D eigenvalue weighted by Gasteiger charge is -2.32. The molecular weight excluding hydrogens is 214 g/mol. The molecule has 1 fully saturated rings. The zero-order valence-electron chi connectivity index (χ0n) is 10.7. The van der Waals surface area contributed by atoms with Gasteiger partial charge in [-0.3, -0.25) is 0 Å². The highest BCUT2D eigenvalue weighted by Crippen LogP contribution is 2.07. The van der Waals surface area contributed by atoms with Crippen LogP contribution in [0.2, 0.25) is 0 Å². The monoisotopic (exact) mass is 236 g/mol. The van der Waals surface area contributed by atoms with Crippen molar-refractivity contribution in [3.05, 3.63) is 30.3 Å². The molecule has 0 aliphatic carbocycles. The van der Waals surface area contributed by atoms with Crippen molar-refractivity contribution in [3.8, 4) is 5.75 Å². The SMILES string of the molecule is C[C@@H]1C[NH+](CCOc2ccccc2)C[C@@H](C)O1. The number of nitrogens with one attached hydrogen (secondary N) is 1. The van der Waals surface area contributed by atoms with Crippen LogP contribution in [0.5, 0.6) is 5.75 Å². The van der Waals surface area contributed by atoms with Crippen molar-refractivity contribution in [1.29, 1.82) is 0 Å². The molecule has 17 heavy (non-hydrogen) atoms. The van der Waals surface area contributed by atoms with E-state index in [2.05, 4.69) is 13.8 Å². The molecule has 0 spiro atoms. The van der Waals surface area contributed by atoms with E-state index in [0.29, 0.717) is 12.2 Å². The number of para-hydroxylation sites is 1. The van der Waals surface area contributed by atoms with Gasteiger partial charge in [0.2, 0.25) is 0 Å². The van der Waals surface area contributed by atoms with Gasteiger partial charge in [-0.25, -0.2) is 0 Å². The minimum Gasteiger partial charge on any atom is -0.488 e. The minimum atomic E-state index is 0.366. The van der Waals surface area contributed by atoms with Gasteiger partial charge in [-0.1, -0.05) is 18.2 Å².